The molecule has 94 valence electrons. The molecule has 1 aliphatic rings. The van der Waals surface area contributed by atoms with E-state index in [1.807, 2.05) is 18.2 Å². The van der Waals surface area contributed by atoms with Crippen LogP contribution in [0.15, 0.2) is 30.3 Å². The number of rotatable bonds is 4. The number of hydrogen-bond acceptors (Lipinski definition) is 3. The second kappa shape index (κ2) is 6.15. The number of hydrogen-bond donors (Lipinski definition) is 2. The molecule has 17 heavy (non-hydrogen) atoms. The van der Waals surface area contributed by atoms with Crippen LogP contribution < -0.4 is 0 Å². The van der Waals surface area contributed by atoms with Crippen molar-refractivity contribution in [3.8, 4) is 0 Å². The zero-order valence-corrected chi connectivity index (χ0v) is 10.1. The molecule has 1 aromatic carbocycles. The fraction of sp³-hybridized carbons (Fsp3) is 0.571. The molecular formula is C14H21NO2. The molecule has 1 aliphatic heterocycles. The summed E-state index contributed by atoms with van der Waals surface area (Å²) in [7, 11) is 0. The highest BCUT2D eigenvalue weighted by molar-refractivity contribution is 5.14. The molecule has 0 unspecified atom stereocenters. The summed E-state index contributed by atoms with van der Waals surface area (Å²) in [5.74, 6) is 0.363. The fourth-order valence-electron chi connectivity index (χ4n) is 2.55. The van der Waals surface area contributed by atoms with Crippen LogP contribution >= 0.6 is 0 Å². The lowest BCUT2D eigenvalue weighted by molar-refractivity contribution is 0.0387. The van der Waals surface area contributed by atoms with Crippen molar-refractivity contribution in [3.63, 3.8) is 0 Å². The Labute approximate surface area is 103 Å². The molecule has 0 saturated carbocycles. The third-order valence-corrected chi connectivity index (χ3v) is 3.61. The maximum Gasteiger partial charge on any atom is 0.0587 e. The van der Waals surface area contributed by atoms with E-state index in [-0.39, 0.29) is 19.3 Å². The summed E-state index contributed by atoms with van der Waals surface area (Å²) in [4.78, 5) is 2.29. The van der Waals surface area contributed by atoms with Crippen LogP contribution in [0, 0.1) is 5.92 Å². The van der Waals surface area contributed by atoms with Crippen LogP contribution in [-0.2, 0) is 6.54 Å². The number of likely N-dealkylation sites (tertiary alicyclic amines) is 1. The fourth-order valence-corrected chi connectivity index (χ4v) is 2.55. The molecule has 1 saturated heterocycles. The van der Waals surface area contributed by atoms with Crippen LogP contribution in [0.5, 0.6) is 0 Å². The van der Waals surface area contributed by atoms with Gasteiger partial charge in [-0.1, -0.05) is 30.3 Å². The molecule has 0 bridgehead atoms. The predicted octanol–water partition coefficient (Wildman–Crippen LogP) is 1.25. The zero-order valence-electron chi connectivity index (χ0n) is 10.1. The molecule has 0 aliphatic carbocycles. The quantitative estimate of drug-likeness (QED) is 0.825. The summed E-state index contributed by atoms with van der Waals surface area (Å²) in [5, 5.41) is 18.6. The SMILES string of the molecule is OC[C@H]1CC[C@@H](CO)N(Cc2ccccc2)C1. The van der Waals surface area contributed by atoms with Gasteiger partial charge in [-0.2, -0.15) is 0 Å². The molecular weight excluding hydrogens is 214 g/mol. The highest BCUT2D eigenvalue weighted by Crippen LogP contribution is 2.23. The van der Waals surface area contributed by atoms with E-state index < -0.39 is 0 Å². The van der Waals surface area contributed by atoms with Crippen LogP contribution in [0.2, 0.25) is 0 Å². The van der Waals surface area contributed by atoms with E-state index in [0.29, 0.717) is 5.92 Å². The lowest BCUT2D eigenvalue weighted by atomic mass is 9.93. The van der Waals surface area contributed by atoms with Gasteiger partial charge >= 0.3 is 0 Å². The van der Waals surface area contributed by atoms with Crippen molar-refractivity contribution in [2.75, 3.05) is 19.8 Å². The van der Waals surface area contributed by atoms with E-state index in [1.54, 1.807) is 0 Å². The number of aliphatic hydroxyl groups is 2. The minimum Gasteiger partial charge on any atom is -0.396 e. The first-order chi connectivity index (χ1) is 8.33. The van der Waals surface area contributed by atoms with E-state index in [0.717, 1.165) is 25.9 Å². The summed E-state index contributed by atoms with van der Waals surface area (Å²) >= 11 is 0. The Hall–Kier alpha value is -0.900. The Morgan fingerprint density at radius 3 is 2.47 bits per heavy atom. The number of nitrogens with zero attached hydrogens (tertiary/aromatic N) is 1. The first kappa shape index (κ1) is 12.6. The van der Waals surface area contributed by atoms with Gasteiger partial charge in [0.1, 0.15) is 0 Å². The second-order valence-electron chi connectivity index (χ2n) is 4.88. The van der Waals surface area contributed by atoms with Crippen LogP contribution in [-0.4, -0.2) is 40.9 Å². The van der Waals surface area contributed by atoms with Crippen molar-refractivity contribution in [2.45, 2.75) is 25.4 Å². The first-order valence-electron chi connectivity index (χ1n) is 6.33. The third-order valence-electron chi connectivity index (χ3n) is 3.61. The van der Waals surface area contributed by atoms with Crippen LogP contribution in [0.3, 0.4) is 0 Å². The molecule has 2 rings (SSSR count). The average molecular weight is 235 g/mol. The number of aliphatic hydroxyl groups excluding tert-OH is 2. The summed E-state index contributed by atoms with van der Waals surface area (Å²) in [6, 6.07) is 10.6. The highest BCUT2D eigenvalue weighted by atomic mass is 16.3. The highest BCUT2D eigenvalue weighted by Gasteiger charge is 2.27. The van der Waals surface area contributed by atoms with Gasteiger partial charge in [-0.25, -0.2) is 0 Å². The van der Waals surface area contributed by atoms with Gasteiger partial charge < -0.3 is 10.2 Å². The average Bonchev–Trinajstić information content (AvgIpc) is 2.40. The standard InChI is InChI=1S/C14H21NO2/c16-10-13-6-7-14(11-17)15(9-13)8-12-4-2-1-3-5-12/h1-5,13-14,16-17H,6-11H2/t13-,14-/m0/s1. The van der Waals surface area contributed by atoms with Crippen molar-refractivity contribution in [1.29, 1.82) is 0 Å². The van der Waals surface area contributed by atoms with Gasteiger partial charge in [0, 0.05) is 25.7 Å². The van der Waals surface area contributed by atoms with Crippen molar-refractivity contribution in [3.05, 3.63) is 35.9 Å². The van der Waals surface area contributed by atoms with E-state index in [2.05, 4.69) is 17.0 Å². The van der Waals surface area contributed by atoms with Crippen molar-refractivity contribution >= 4 is 0 Å². The van der Waals surface area contributed by atoms with Crippen LogP contribution in [0.4, 0.5) is 0 Å². The normalized spacial score (nSPS) is 26.0. The molecule has 1 heterocycles. The maximum atomic E-state index is 9.39. The molecule has 0 amide bonds. The molecule has 0 radical (unpaired) electrons. The molecule has 2 atom stereocenters. The molecule has 2 N–H and O–H groups in total. The van der Waals surface area contributed by atoms with Gasteiger partial charge in [0.2, 0.25) is 0 Å². The molecule has 0 spiro atoms. The largest absolute Gasteiger partial charge is 0.396 e. The Morgan fingerprint density at radius 1 is 1.06 bits per heavy atom. The summed E-state index contributed by atoms with van der Waals surface area (Å²) in [5.41, 5.74) is 1.27. The molecule has 3 nitrogen and oxygen atoms in total. The molecule has 1 aromatic rings. The van der Waals surface area contributed by atoms with Crippen molar-refractivity contribution in [2.24, 2.45) is 5.92 Å². The summed E-state index contributed by atoms with van der Waals surface area (Å²) in [6.07, 6.45) is 2.00. The van der Waals surface area contributed by atoms with E-state index in [4.69, 9.17) is 0 Å². The predicted molar refractivity (Wildman–Crippen MR) is 67.5 cm³/mol. The smallest absolute Gasteiger partial charge is 0.0587 e. The minimum absolute atomic E-state index is 0.213. The van der Waals surface area contributed by atoms with E-state index in [1.165, 1.54) is 5.56 Å². The first-order valence-corrected chi connectivity index (χ1v) is 6.33. The van der Waals surface area contributed by atoms with Gasteiger partial charge in [0.05, 0.1) is 6.61 Å². The van der Waals surface area contributed by atoms with E-state index >= 15 is 0 Å². The lowest BCUT2D eigenvalue weighted by Crippen LogP contribution is -2.45. The van der Waals surface area contributed by atoms with Crippen LogP contribution in [0.1, 0.15) is 18.4 Å². The second-order valence-corrected chi connectivity index (χ2v) is 4.88. The van der Waals surface area contributed by atoms with Gasteiger partial charge in [-0.3, -0.25) is 4.90 Å². The maximum absolute atomic E-state index is 9.39. The summed E-state index contributed by atoms with van der Waals surface area (Å²) in [6.45, 7) is 2.22. The van der Waals surface area contributed by atoms with Gasteiger partial charge in [0.25, 0.3) is 0 Å². The Morgan fingerprint density at radius 2 is 1.82 bits per heavy atom. The molecule has 1 fully saturated rings. The van der Waals surface area contributed by atoms with E-state index in [9.17, 15) is 10.2 Å². The van der Waals surface area contributed by atoms with Crippen molar-refractivity contribution in [1.82, 2.24) is 4.90 Å². The molecule has 0 aromatic heterocycles. The number of piperidine rings is 1. The topological polar surface area (TPSA) is 43.7 Å². The van der Waals surface area contributed by atoms with Crippen molar-refractivity contribution < 1.29 is 10.2 Å². The lowest BCUT2D eigenvalue weighted by Gasteiger charge is -2.38. The third kappa shape index (κ3) is 3.28. The minimum atomic E-state index is 0.213. The Bertz CT molecular complexity index is 328. The van der Waals surface area contributed by atoms with Gasteiger partial charge in [-0.15, -0.1) is 0 Å². The zero-order chi connectivity index (χ0) is 12.1. The monoisotopic (exact) mass is 235 g/mol. The van der Waals surface area contributed by atoms with Crippen LogP contribution in [0.25, 0.3) is 0 Å². The molecule has 3 heteroatoms. The van der Waals surface area contributed by atoms with Gasteiger partial charge in [0.15, 0.2) is 0 Å². The van der Waals surface area contributed by atoms with Gasteiger partial charge in [-0.05, 0) is 24.3 Å². The number of benzene rings is 1. The summed E-state index contributed by atoms with van der Waals surface area (Å²) < 4.78 is 0. The Kier molecular flexibility index (Phi) is 4.54. The Balaban J connectivity index is 2.00.